The second kappa shape index (κ2) is 8.94. The van der Waals surface area contributed by atoms with Crippen molar-refractivity contribution in [1.82, 2.24) is 14.5 Å². The fourth-order valence-electron chi connectivity index (χ4n) is 3.40. The van der Waals surface area contributed by atoms with E-state index in [9.17, 15) is 18.0 Å². The lowest BCUT2D eigenvalue weighted by molar-refractivity contribution is -0.119. The van der Waals surface area contributed by atoms with E-state index in [1.165, 1.54) is 28.4 Å². The molecule has 0 fully saturated rings. The molecule has 0 radical (unpaired) electrons. The Kier molecular flexibility index (Phi) is 6.51. The van der Waals surface area contributed by atoms with E-state index >= 15 is 0 Å². The summed E-state index contributed by atoms with van der Waals surface area (Å²) in [6.07, 6.45) is 0. The van der Waals surface area contributed by atoms with Gasteiger partial charge >= 0.3 is 5.69 Å². The molecule has 0 bridgehead atoms. The zero-order chi connectivity index (χ0) is 22.8. The number of hydrogen-bond donors (Lipinski definition) is 1. The first-order valence-electron chi connectivity index (χ1n) is 9.68. The van der Waals surface area contributed by atoms with Gasteiger partial charge in [-0.15, -0.1) is 0 Å². The van der Waals surface area contributed by atoms with Crippen LogP contribution in [0.4, 0.5) is 5.69 Å². The van der Waals surface area contributed by atoms with Gasteiger partial charge in [0.25, 0.3) is 10.0 Å². The number of ether oxygens (including phenoxy) is 1. The van der Waals surface area contributed by atoms with Crippen molar-refractivity contribution in [2.75, 3.05) is 31.1 Å². The lowest BCUT2D eigenvalue weighted by Gasteiger charge is -2.25. The second-order valence-electron chi connectivity index (χ2n) is 7.19. The van der Waals surface area contributed by atoms with Gasteiger partial charge < -0.3 is 10.1 Å². The number of methoxy groups -OCH3 is 1. The summed E-state index contributed by atoms with van der Waals surface area (Å²) in [6, 6.07) is 11.5. The normalized spacial score (nSPS) is 11.6. The van der Waals surface area contributed by atoms with E-state index in [-0.39, 0.29) is 23.7 Å². The molecule has 0 saturated heterocycles. The van der Waals surface area contributed by atoms with Gasteiger partial charge in [-0.25, -0.2) is 13.2 Å². The second-order valence-corrected chi connectivity index (χ2v) is 9.05. The third-order valence-electron chi connectivity index (χ3n) is 5.13. The number of nitrogens with zero attached hydrogens (tertiary/aromatic N) is 3. The van der Waals surface area contributed by atoms with Crippen molar-refractivity contribution in [3.05, 3.63) is 58.5 Å². The first kappa shape index (κ1) is 22.6. The van der Waals surface area contributed by atoms with Crippen LogP contribution in [0.3, 0.4) is 0 Å². The predicted molar refractivity (Wildman–Crippen MR) is 119 cm³/mol. The molecular formula is C21H26N4O5S. The summed E-state index contributed by atoms with van der Waals surface area (Å²) in [6.45, 7) is 1.99. The average Bonchev–Trinajstić information content (AvgIpc) is 2.96. The lowest BCUT2D eigenvalue weighted by atomic mass is 10.2. The van der Waals surface area contributed by atoms with Gasteiger partial charge in [0.05, 0.1) is 28.2 Å². The Morgan fingerprint density at radius 1 is 1.10 bits per heavy atom. The van der Waals surface area contributed by atoms with Crippen LogP contribution in [0.1, 0.15) is 5.56 Å². The molecule has 0 spiro atoms. The lowest BCUT2D eigenvalue weighted by Crippen LogP contribution is -2.42. The standard InChI is InChI=1S/C21H26N4O5S/c1-15-7-5-6-8-17(15)25(14-20(26)22-11-12-30-4)31(28,29)16-9-10-18-19(13-16)24(3)21(27)23(18)2/h5-10,13H,11-12,14H2,1-4H3,(H,22,26). The summed E-state index contributed by atoms with van der Waals surface area (Å²) in [5.41, 5.74) is 1.97. The molecule has 0 aliphatic carbocycles. The molecule has 3 aromatic rings. The molecule has 1 heterocycles. The molecule has 3 rings (SSSR count). The van der Waals surface area contributed by atoms with Crippen molar-refractivity contribution in [1.29, 1.82) is 0 Å². The van der Waals surface area contributed by atoms with Gasteiger partial charge in [0.15, 0.2) is 0 Å². The van der Waals surface area contributed by atoms with Crippen LogP contribution >= 0.6 is 0 Å². The van der Waals surface area contributed by atoms with Gasteiger partial charge in [-0.3, -0.25) is 18.2 Å². The minimum Gasteiger partial charge on any atom is -0.383 e. The molecule has 1 amide bonds. The molecule has 1 aromatic heterocycles. The number of benzene rings is 2. The molecule has 166 valence electrons. The van der Waals surface area contributed by atoms with Crippen molar-refractivity contribution in [2.45, 2.75) is 11.8 Å². The van der Waals surface area contributed by atoms with Gasteiger partial charge in [0, 0.05) is 27.7 Å². The highest BCUT2D eigenvalue weighted by molar-refractivity contribution is 7.92. The van der Waals surface area contributed by atoms with Gasteiger partial charge in [0.1, 0.15) is 6.54 Å². The molecule has 2 aromatic carbocycles. The monoisotopic (exact) mass is 446 g/mol. The fourth-order valence-corrected chi connectivity index (χ4v) is 4.90. The number of rotatable bonds is 8. The first-order chi connectivity index (χ1) is 14.7. The van der Waals surface area contributed by atoms with E-state index in [0.717, 1.165) is 4.31 Å². The number of carbonyl (C=O) groups excluding carboxylic acids is 1. The molecule has 0 saturated carbocycles. The van der Waals surface area contributed by atoms with Crippen LogP contribution in [0, 0.1) is 6.92 Å². The van der Waals surface area contributed by atoms with Crippen molar-refractivity contribution in [3.63, 3.8) is 0 Å². The van der Waals surface area contributed by atoms with Crippen LogP contribution in [0.5, 0.6) is 0 Å². The van der Waals surface area contributed by atoms with Crippen LogP contribution in [0.2, 0.25) is 0 Å². The summed E-state index contributed by atoms with van der Waals surface area (Å²) >= 11 is 0. The smallest absolute Gasteiger partial charge is 0.328 e. The number of fused-ring (bicyclic) bond motifs is 1. The maximum Gasteiger partial charge on any atom is 0.328 e. The van der Waals surface area contributed by atoms with Crippen molar-refractivity contribution >= 4 is 32.7 Å². The molecular weight excluding hydrogens is 420 g/mol. The number of aromatic nitrogens is 2. The van der Waals surface area contributed by atoms with E-state index in [2.05, 4.69) is 5.32 Å². The highest BCUT2D eigenvalue weighted by Crippen LogP contribution is 2.28. The minimum atomic E-state index is -4.10. The predicted octanol–water partition coefficient (Wildman–Crippen LogP) is 1.14. The molecule has 0 aliphatic heterocycles. The SMILES string of the molecule is COCCNC(=O)CN(c1ccccc1C)S(=O)(=O)c1ccc2c(c1)n(C)c(=O)n2C. The number of nitrogens with one attached hydrogen (secondary N) is 1. The van der Waals surface area contributed by atoms with Crippen LogP contribution < -0.4 is 15.3 Å². The Bertz CT molecular complexity index is 1280. The van der Waals surface area contributed by atoms with Crippen LogP contribution in [0.15, 0.2) is 52.2 Å². The Morgan fingerprint density at radius 3 is 2.45 bits per heavy atom. The molecule has 9 nitrogen and oxygen atoms in total. The fraction of sp³-hybridized carbons (Fsp3) is 0.333. The largest absolute Gasteiger partial charge is 0.383 e. The quantitative estimate of drug-likeness (QED) is 0.523. The van der Waals surface area contributed by atoms with E-state index in [0.29, 0.717) is 28.9 Å². The summed E-state index contributed by atoms with van der Waals surface area (Å²) in [4.78, 5) is 24.7. The van der Waals surface area contributed by atoms with Crippen LogP contribution in [-0.2, 0) is 33.7 Å². The number of aryl methyl sites for hydroxylation is 3. The number of amides is 1. The zero-order valence-electron chi connectivity index (χ0n) is 18.0. The van der Waals surface area contributed by atoms with Crippen molar-refractivity contribution in [3.8, 4) is 0 Å². The molecule has 1 N–H and O–H groups in total. The maximum absolute atomic E-state index is 13.6. The van der Waals surface area contributed by atoms with E-state index in [4.69, 9.17) is 4.74 Å². The Morgan fingerprint density at radius 2 is 1.77 bits per heavy atom. The average molecular weight is 447 g/mol. The van der Waals surface area contributed by atoms with Gasteiger partial charge in [-0.05, 0) is 36.8 Å². The summed E-state index contributed by atoms with van der Waals surface area (Å²) in [7, 11) is 0.634. The van der Waals surface area contributed by atoms with Gasteiger partial charge in [-0.2, -0.15) is 0 Å². The molecule has 0 aliphatic rings. The number of carbonyl (C=O) groups is 1. The molecule has 31 heavy (non-hydrogen) atoms. The first-order valence-corrected chi connectivity index (χ1v) is 11.1. The van der Waals surface area contributed by atoms with Gasteiger partial charge in [0.2, 0.25) is 5.91 Å². The summed E-state index contributed by atoms with van der Waals surface area (Å²) < 4.78 is 36.1. The molecule has 0 atom stereocenters. The summed E-state index contributed by atoms with van der Waals surface area (Å²) in [5, 5.41) is 2.66. The molecule has 10 heteroatoms. The highest BCUT2D eigenvalue weighted by atomic mass is 32.2. The third kappa shape index (κ3) is 4.35. The van der Waals surface area contributed by atoms with Crippen LogP contribution in [0.25, 0.3) is 11.0 Å². The van der Waals surface area contributed by atoms with Crippen molar-refractivity contribution in [2.24, 2.45) is 14.1 Å². The Balaban J connectivity index is 2.08. The highest BCUT2D eigenvalue weighted by Gasteiger charge is 2.29. The van der Waals surface area contributed by atoms with E-state index in [1.54, 1.807) is 51.4 Å². The van der Waals surface area contributed by atoms with Crippen molar-refractivity contribution < 1.29 is 17.9 Å². The minimum absolute atomic E-state index is 0.00542. The number of anilines is 1. The third-order valence-corrected chi connectivity index (χ3v) is 6.89. The zero-order valence-corrected chi connectivity index (χ0v) is 18.8. The van der Waals surface area contributed by atoms with E-state index in [1.807, 2.05) is 0 Å². The number of para-hydroxylation sites is 1. The Labute approximate surface area is 180 Å². The Hall–Kier alpha value is -3.11. The topological polar surface area (TPSA) is 103 Å². The van der Waals surface area contributed by atoms with Crippen LogP contribution in [-0.4, -0.2) is 50.3 Å². The summed E-state index contributed by atoms with van der Waals surface area (Å²) in [5.74, 6) is -0.447. The number of imidazole rings is 1. The number of sulfonamides is 1. The maximum atomic E-state index is 13.6. The number of hydrogen-bond acceptors (Lipinski definition) is 5. The van der Waals surface area contributed by atoms with Gasteiger partial charge in [-0.1, -0.05) is 18.2 Å². The van der Waals surface area contributed by atoms with E-state index < -0.39 is 15.9 Å². The molecule has 0 unspecified atom stereocenters.